The average Bonchev–Trinajstić information content (AvgIpc) is 0.811. The summed E-state index contributed by atoms with van der Waals surface area (Å²) in [5.74, 6) is 0. The summed E-state index contributed by atoms with van der Waals surface area (Å²) in [6, 6.07) is 0. The zero-order valence-corrected chi connectivity index (χ0v) is 3.90. The van der Waals surface area contributed by atoms with Gasteiger partial charge in [-0.15, -0.1) is 0 Å². The maximum atomic E-state index is 8.78. The minimum absolute atomic E-state index is 0. The van der Waals surface area contributed by atoms with E-state index in [1.54, 1.807) is 0 Å². The predicted molar refractivity (Wildman–Crippen MR) is 23.9 cm³/mol. The van der Waals surface area contributed by atoms with E-state index in [9.17, 15) is 0 Å². The Labute approximate surface area is 40.7 Å². The van der Waals surface area contributed by atoms with Crippen LogP contribution in [-0.2, 0) is 11.3 Å². The van der Waals surface area contributed by atoms with Crippen molar-refractivity contribution >= 4 is 19.7 Å². The second-order valence-electron chi connectivity index (χ2n) is 0.260. The lowest BCUT2D eigenvalue weighted by atomic mass is 10.8. The van der Waals surface area contributed by atoms with Gasteiger partial charge in [0.25, 0.3) is 0 Å². The Morgan fingerprint density at radius 1 is 1.67 bits per heavy atom. The molecule has 37 valence electrons. The first-order valence-electron chi connectivity index (χ1n) is 0.569. The van der Waals surface area contributed by atoms with Gasteiger partial charge in [0.05, 0.1) is 0 Å². The van der Waals surface area contributed by atoms with Gasteiger partial charge in [-0.25, -0.2) is 0 Å². The van der Waals surface area contributed by atoms with Gasteiger partial charge in [-0.1, -0.05) is 0 Å². The van der Waals surface area contributed by atoms with Crippen molar-refractivity contribution in [1.29, 1.82) is 0 Å². The molecular weight excluding hydrogens is 103 g/mol. The molecule has 0 fully saturated rings. The van der Waals surface area contributed by atoms with E-state index in [1.807, 2.05) is 0 Å². The first-order chi connectivity index (χ1) is 1.73. The molecule has 0 spiro atoms. The van der Waals surface area contributed by atoms with Gasteiger partial charge < -0.3 is 10.7 Å². The number of nitrogens with two attached hydrogens (primary N) is 1. The molecule has 0 saturated carbocycles. The zero-order valence-electron chi connectivity index (χ0n) is 3.09. The van der Waals surface area contributed by atoms with E-state index in [4.69, 9.17) is 8.76 Å². The van der Waals surface area contributed by atoms with E-state index in [-0.39, 0.29) is 14.6 Å². The summed E-state index contributed by atoms with van der Waals surface area (Å²) in [6.45, 7) is 0. The smallest absolute Gasteiger partial charge is 0.0152 e. The maximum Gasteiger partial charge on any atom is 0.0152 e. The van der Waals surface area contributed by atoms with E-state index in [1.165, 1.54) is 0 Å². The number of rotatable bonds is 0. The van der Waals surface area contributed by atoms with Crippen LogP contribution >= 0.6 is 0 Å². The van der Waals surface area contributed by atoms with Crippen molar-refractivity contribution in [2.24, 2.45) is 5.14 Å². The minimum atomic E-state index is -2.36. The molecule has 1 atom stereocenters. The second kappa shape index (κ2) is 8.92. The molecule has 0 aliphatic carbocycles. The van der Waals surface area contributed by atoms with E-state index < -0.39 is 11.3 Å². The Hall–Kier alpha value is 0.0949. The number of hydrogen-bond donors (Lipinski definition) is 2. The van der Waals surface area contributed by atoms with Crippen LogP contribution in [0.15, 0.2) is 0 Å². The Bertz CT molecular complexity index is 34.5. The molecule has 1 unspecified atom stereocenters. The fourth-order valence-corrected chi connectivity index (χ4v) is 0. The largest absolute Gasteiger partial charge is 0.760 e. The van der Waals surface area contributed by atoms with E-state index >= 15 is 0 Å². The normalized spacial score (nSPS) is 10.3. The third-order valence-electron chi connectivity index (χ3n) is 0. The summed E-state index contributed by atoms with van der Waals surface area (Å²) in [5, 5.41) is 4.03. The summed E-state index contributed by atoms with van der Waals surface area (Å²) in [7, 11) is 0. The van der Waals surface area contributed by atoms with Crippen molar-refractivity contribution in [2.45, 2.75) is 0 Å². The van der Waals surface area contributed by atoms with Crippen LogP contribution < -0.4 is 11.3 Å². The van der Waals surface area contributed by atoms with Crippen molar-refractivity contribution in [3.63, 3.8) is 0 Å². The molecule has 4 nitrogen and oxygen atoms in total. The van der Waals surface area contributed by atoms with Crippen molar-refractivity contribution < 1.29 is 8.76 Å². The molecule has 0 aliphatic heterocycles. The van der Waals surface area contributed by atoms with Gasteiger partial charge in [0, 0.05) is 19.7 Å². The molecule has 0 aromatic rings. The Kier molecular flexibility index (Phi) is 24.6. The van der Waals surface area contributed by atoms with Gasteiger partial charge in [0.1, 0.15) is 0 Å². The highest BCUT2D eigenvalue weighted by molar-refractivity contribution is 7.76. The molecule has 0 saturated heterocycles. The molecule has 0 amide bonds. The molecule has 5 N–H and O–H groups in total. The highest BCUT2D eigenvalue weighted by atomic mass is 32.2. The Morgan fingerprint density at radius 3 is 1.67 bits per heavy atom. The second-order valence-corrected chi connectivity index (χ2v) is 0.781. The van der Waals surface area contributed by atoms with E-state index in [0.717, 1.165) is 0 Å². The Morgan fingerprint density at radius 2 is 1.67 bits per heavy atom. The van der Waals surface area contributed by atoms with Gasteiger partial charge in [-0.3, -0.25) is 9.35 Å². The van der Waals surface area contributed by atoms with Crippen molar-refractivity contribution in [2.75, 3.05) is 0 Å². The SMILES string of the molecule is N.NS(=O)[O-].[B]. The summed E-state index contributed by atoms with van der Waals surface area (Å²) in [4.78, 5) is 0. The molecule has 3 radical (unpaired) electrons. The lowest BCUT2D eigenvalue weighted by Crippen LogP contribution is -1.97. The predicted octanol–water partition coefficient (Wildman–Crippen LogP) is -1.48. The highest BCUT2D eigenvalue weighted by Crippen LogP contribution is 1.33. The van der Waals surface area contributed by atoms with Gasteiger partial charge in [0.15, 0.2) is 0 Å². The molecule has 0 rings (SSSR count). The summed E-state index contributed by atoms with van der Waals surface area (Å²) < 4.78 is 17.6. The van der Waals surface area contributed by atoms with Crippen LogP contribution in [0.1, 0.15) is 0 Å². The molecular formula is H5BN2O2S-. The van der Waals surface area contributed by atoms with Gasteiger partial charge in [-0.2, -0.15) is 0 Å². The van der Waals surface area contributed by atoms with E-state index in [0.29, 0.717) is 0 Å². The van der Waals surface area contributed by atoms with Crippen LogP contribution in [0, 0.1) is 0 Å². The number of hydrogen-bond acceptors (Lipinski definition) is 3. The molecule has 0 aliphatic rings. The lowest BCUT2D eigenvalue weighted by Gasteiger charge is -1.85. The fraction of sp³-hybridized carbons (Fsp3) is 0. The molecule has 0 aromatic heterocycles. The monoisotopic (exact) mass is 108 g/mol. The lowest BCUT2D eigenvalue weighted by molar-refractivity contribution is 0.539. The summed E-state index contributed by atoms with van der Waals surface area (Å²) >= 11 is -2.36. The third-order valence-corrected chi connectivity index (χ3v) is 0. The highest BCUT2D eigenvalue weighted by Gasteiger charge is 1.39. The average molecular weight is 108 g/mol. The van der Waals surface area contributed by atoms with Crippen LogP contribution in [0.25, 0.3) is 0 Å². The maximum absolute atomic E-state index is 8.78. The van der Waals surface area contributed by atoms with Crippen molar-refractivity contribution in [1.82, 2.24) is 6.15 Å². The quantitative estimate of drug-likeness (QED) is 0.292. The first-order valence-corrected chi connectivity index (χ1v) is 1.71. The molecule has 0 bridgehead atoms. The first kappa shape index (κ1) is 16.5. The minimum Gasteiger partial charge on any atom is -0.760 e. The topological polar surface area (TPSA) is 101 Å². The Balaban J connectivity index is -0.0000000450. The molecule has 0 aromatic carbocycles. The van der Waals surface area contributed by atoms with Crippen LogP contribution in [0.2, 0.25) is 0 Å². The molecule has 6 heteroatoms. The van der Waals surface area contributed by atoms with Crippen LogP contribution in [0.4, 0.5) is 0 Å². The van der Waals surface area contributed by atoms with E-state index in [2.05, 4.69) is 5.14 Å². The van der Waals surface area contributed by atoms with Crippen LogP contribution in [0.3, 0.4) is 0 Å². The fourth-order valence-electron chi connectivity index (χ4n) is 0. The zero-order chi connectivity index (χ0) is 3.58. The van der Waals surface area contributed by atoms with Gasteiger partial charge in [0.2, 0.25) is 0 Å². The van der Waals surface area contributed by atoms with Crippen LogP contribution in [0.5, 0.6) is 0 Å². The van der Waals surface area contributed by atoms with Crippen molar-refractivity contribution in [3.05, 3.63) is 0 Å². The van der Waals surface area contributed by atoms with Gasteiger partial charge >= 0.3 is 0 Å². The standard InChI is InChI=1S/B.H3NO2S.H3N/c;1-4(2)3;/h;1H2,(H,2,3);1H3/p-1. The van der Waals surface area contributed by atoms with Crippen LogP contribution in [-0.4, -0.2) is 17.2 Å². The van der Waals surface area contributed by atoms with Gasteiger partial charge in [-0.05, 0) is 0 Å². The third kappa shape index (κ3) is 4350. The summed E-state index contributed by atoms with van der Waals surface area (Å²) in [5.41, 5.74) is 0. The molecule has 0 heterocycles. The molecule has 6 heavy (non-hydrogen) atoms. The summed E-state index contributed by atoms with van der Waals surface area (Å²) in [6.07, 6.45) is 0. The van der Waals surface area contributed by atoms with Crippen molar-refractivity contribution in [3.8, 4) is 0 Å².